The van der Waals surface area contributed by atoms with Crippen LogP contribution < -0.4 is 0 Å². The van der Waals surface area contributed by atoms with Gasteiger partial charge in [0.15, 0.2) is 0 Å². The summed E-state index contributed by atoms with van der Waals surface area (Å²) in [5.41, 5.74) is 1.68. The van der Waals surface area contributed by atoms with E-state index in [9.17, 15) is 13.2 Å². The Labute approximate surface area is 112 Å². The smallest absolute Gasteiger partial charge is 0.375 e. The Hall–Kier alpha value is -0.560. The van der Waals surface area contributed by atoms with Crippen LogP contribution in [0.4, 0.5) is 13.2 Å². The number of hydrogen-bond acceptors (Lipinski definition) is 2. The summed E-state index contributed by atoms with van der Waals surface area (Å²) in [5, 5.41) is 4.34. The van der Waals surface area contributed by atoms with Crippen LogP contribution in [-0.4, -0.2) is 22.6 Å². The maximum absolute atomic E-state index is 12.0. The number of alkyl halides is 3. The van der Waals surface area contributed by atoms with Gasteiger partial charge in [0.1, 0.15) is 0 Å². The largest absolute Gasteiger partial charge is 0.391 e. The second-order valence-corrected chi connectivity index (χ2v) is 4.59. The molecule has 1 aromatic heterocycles. The summed E-state index contributed by atoms with van der Waals surface area (Å²) in [4.78, 5) is 0. The standard InChI is InChI=1S/C11H16BrF3N2O/c1-3-8-10(12)9(17(4-2)16-8)7-18-6-5-11(13,14)15/h3-7H2,1-2H3. The van der Waals surface area contributed by atoms with Crippen LogP contribution in [0.15, 0.2) is 4.47 Å². The van der Waals surface area contributed by atoms with Crippen molar-refractivity contribution in [2.24, 2.45) is 0 Å². The van der Waals surface area contributed by atoms with Gasteiger partial charge in [-0.3, -0.25) is 4.68 Å². The van der Waals surface area contributed by atoms with E-state index in [4.69, 9.17) is 4.74 Å². The van der Waals surface area contributed by atoms with Crippen molar-refractivity contribution in [2.75, 3.05) is 6.61 Å². The molecule has 0 aliphatic carbocycles. The average molecular weight is 329 g/mol. The van der Waals surface area contributed by atoms with Gasteiger partial charge in [0, 0.05) is 6.54 Å². The average Bonchev–Trinajstić information content (AvgIpc) is 2.60. The van der Waals surface area contributed by atoms with Crippen LogP contribution in [0.3, 0.4) is 0 Å². The maximum atomic E-state index is 12.0. The number of aryl methyl sites for hydroxylation is 2. The molecule has 0 amide bonds. The molecule has 0 spiro atoms. The highest BCUT2D eigenvalue weighted by molar-refractivity contribution is 9.10. The minimum absolute atomic E-state index is 0.136. The first kappa shape index (κ1) is 15.5. The Kier molecular flexibility index (Phi) is 5.65. The number of halogens is 4. The molecule has 0 radical (unpaired) electrons. The van der Waals surface area contributed by atoms with E-state index in [0.29, 0.717) is 6.54 Å². The van der Waals surface area contributed by atoms with Crippen LogP contribution in [0.25, 0.3) is 0 Å². The summed E-state index contributed by atoms with van der Waals surface area (Å²) in [6.07, 6.45) is -4.33. The molecular formula is C11H16BrF3N2O. The molecule has 1 heterocycles. The van der Waals surface area contributed by atoms with Crippen LogP contribution in [-0.2, 0) is 24.3 Å². The lowest BCUT2D eigenvalue weighted by molar-refractivity contribution is -0.146. The highest BCUT2D eigenvalue weighted by atomic mass is 79.9. The summed E-state index contributed by atoms with van der Waals surface area (Å²) in [5.74, 6) is 0. The molecule has 0 aromatic carbocycles. The molecule has 0 aliphatic rings. The monoisotopic (exact) mass is 328 g/mol. The Balaban J connectivity index is 2.58. The lowest BCUT2D eigenvalue weighted by Gasteiger charge is -2.08. The van der Waals surface area contributed by atoms with E-state index in [1.54, 1.807) is 4.68 Å². The minimum atomic E-state index is -4.17. The summed E-state index contributed by atoms with van der Waals surface area (Å²) in [6, 6.07) is 0. The van der Waals surface area contributed by atoms with Gasteiger partial charge in [-0.15, -0.1) is 0 Å². The van der Waals surface area contributed by atoms with Crippen molar-refractivity contribution < 1.29 is 17.9 Å². The molecule has 0 unspecified atom stereocenters. The number of ether oxygens (including phenoxy) is 1. The first-order valence-electron chi connectivity index (χ1n) is 5.77. The summed E-state index contributed by atoms with van der Waals surface area (Å²) in [7, 11) is 0. The topological polar surface area (TPSA) is 27.1 Å². The third-order valence-electron chi connectivity index (χ3n) is 2.46. The van der Waals surface area contributed by atoms with E-state index in [2.05, 4.69) is 21.0 Å². The van der Waals surface area contributed by atoms with Gasteiger partial charge >= 0.3 is 6.18 Å². The molecule has 0 bridgehead atoms. The zero-order chi connectivity index (χ0) is 13.8. The van der Waals surface area contributed by atoms with Gasteiger partial charge < -0.3 is 4.74 Å². The van der Waals surface area contributed by atoms with Crippen LogP contribution in [0.5, 0.6) is 0 Å². The fourth-order valence-electron chi connectivity index (χ4n) is 1.51. The van der Waals surface area contributed by atoms with Gasteiger partial charge in [0.05, 0.1) is 35.5 Å². The van der Waals surface area contributed by atoms with Crippen molar-refractivity contribution in [1.29, 1.82) is 0 Å². The minimum Gasteiger partial charge on any atom is -0.375 e. The molecular weight excluding hydrogens is 313 g/mol. The molecule has 0 fully saturated rings. The molecule has 0 atom stereocenters. The van der Waals surface area contributed by atoms with E-state index >= 15 is 0 Å². The van der Waals surface area contributed by atoms with Crippen LogP contribution in [0.1, 0.15) is 31.7 Å². The predicted molar refractivity (Wildman–Crippen MR) is 65.3 cm³/mol. The lowest BCUT2D eigenvalue weighted by atomic mass is 10.3. The fourth-order valence-corrected chi connectivity index (χ4v) is 2.19. The van der Waals surface area contributed by atoms with E-state index in [1.165, 1.54) is 0 Å². The lowest BCUT2D eigenvalue weighted by Crippen LogP contribution is -2.12. The van der Waals surface area contributed by atoms with Crippen molar-refractivity contribution in [2.45, 2.75) is 46.0 Å². The number of rotatable bonds is 6. The van der Waals surface area contributed by atoms with Gasteiger partial charge in [0.25, 0.3) is 0 Å². The Bertz CT molecular complexity index is 390. The van der Waals surface area contributed by atoms with Gasteiger partial charge in [-0.25, -0.2) is 0 Å². The SMILES string of the molecule is CCc1nn(CC)c(COCCC(F)(F)F)c1Br. The normalized spacial score (nSPS) is 12.1. The third-order valence-corrected chi connectivity index (χ3v) is 3.38. The molecule has 1 aromatic rings. The van der Waals surface area contributed by atoms with Gasteiger partial charge in [-0.05, 0) is 29.3 Å². The Morgan fingerprint density at radius 1 is 1.33 bits per heavy atom. The second-order valence-electron chi connectivity index (χ2n) is 3.79. The highest BCUT2D eigenvalue weighted by Gasteiger charge is 2.26. The maximum Gasteiger partial charge on any atom is 0.391 e. The summed E-state index contributed by atoms with van der Waals surface area (Å²) < 4.78 is 43.5. The zero-order valence-corrected chi connectivity index (χ0v) is 11.9. The van der Waals surface area contributed by atoms with Crippen molar-refractivity contribution in [1.82, 2.24) is 9.78 Å². The van der Waals surface area contributed by atoms with Crippen LogP contribution >= 0.6 is 15.9 Å². The first-order valence-corrected chi connectivity index (χ1v) is 6.56. The van der Waals surface area contributed by atoms with Crippen molar-refractivity contribution in [3.8, 4) is 0 Å². The molecule has 0 saturated carbocycles. The summed E-state index contributed by atoms with van der Waals surface area (Å²) in [6.45, 7) is 4.37. The van der Waals surface area contributed by atoms with E-state index in [0.717, 1.165) is 22.3 Å². The Morgan fingerprint density at radius 3 is 2.50 bits per heavy atom. The molecule has 3 nitrogen and oxygen atoms in total. The van der Waals surface area contributed by atoms with Gasteiger partial charge in [-0.1, -0.05) is 6.92 Å². The molecule has 18 heavy (non-hydrogen) atoms. The summed E-state index contributed by atoms with van der Waals surface area (Å²) >= 11 is 3.41. The Morgan fingerprint density at radius 2 is 2.00 bits per heavy atom. The molecule has 7 heteroatoms. The van der Waals surface area contributed by atoms with E-state index < -0.39 is 12.6 Å². The van der Waals surface area contributed by atoms with Crippen LogP contribution in [0, 0.1) is 0 Å². The zero-order valence-electron chi connectivity index (χ0n) is 10.4. The van der Waals surface area contributed by atoms with Crippen molar-refractivity contribution >= 4 is 15.9 Å². The number of nitrogens with zero attached hydrogens (tertiary/aromatic N) is 2. The van der Waals surface area contributed by atoms with Crippen molar-refractivity contribution in [3.63, 3.8) is 0 Å². The highest BCUT2D eigenvalue weighted by Crippen LogP contribution is 2.24. The van der Waals surface area contributed by atoms with E-state index in [1.807, 2.05) is 13.8 Å². The number of hydrogen-bond donors (Lipinski definition) is 0. The van der Waals surface area contributed by atoms with Gasteiger partial charge in [-0.2, -0.15) is 18.3 Å². The molecule has 0 N–H and O–H groups in total. The molecule has 104 valence electrons. The molecule has 0 aliphatic heterocycles. The quantitative estimate of drug-likeness (QED) is 0.744. The first-order chi connectivity index (χ1) is 8.39. The van der Waals surface area contributed by atoms with Crippen LogP contribution in [0.2, 0.25) is 0 Å². The predicted octanol–water partition coefficient (Wildman–Crippen LogP) is 3.70. The molecule has 1 rings (SSSR count). The third kappa shape index (κ3) is 4.28. The molecule has 0 saturated heterocycles. The van der Waals surface area contributed by atoms with Gasteiger partial charge in [0.2, 0.25) is 0 Å². The van der Waals surface area contributed by atoms with Crippen molar-refractivity contribution in [3.05, 3.63) is 15.9 Å². The fraction of sp³-hybridized carbons (Fsp3) is 0.727. The van der Waals surface area contributed by atoms with E-state index in [-0.39, 0.29) is 13.2 Å². The second kappa shape index (κ2) is 6.56. The number of aromatic nitrogens is 2.